The molecular weight excluding hydrogens is 314 g/mol. The van der Waals surface area contributed by atoms with Gasteiger partial charge in [0.25, 0.3) is 0 Å². The lowest BCUT2D eigenvalue weighted by Crippen LogP contribution is -2.23. The molecule has 0 saturated carbocycles. The van der Waals surface area contributed by atoms with Gasteiger partial charge in [0.1, 0.15) is 5.78 Å². The van der Waals surface area contributed by atoms with Crippen LogP contribution in [0.5, 0.6) is 0 Å². The van der Waals surface area contributed by atoms with Gasteiger partial charge >= 0.3 is 0 Å². The van der Waals surface area contributed by atoms with Crippen LogP contribution in [0.25, 0.3) is 0 Å². The van der Waals surface area contributed by atoms with E-state index in [9.17, 15) is 14.4 Å². The van der Waals surface area contributed by atoms with E-state index < -0.39 is 5.92 Å². The molecular formula is C21H23NO3. The number of aryl methyl sites for hydroxylation is 2. The van der Waals surface area contributed by atoms with Gasteiger partial charge in [-0.1, -0.05) is 42.5 Å². The van der Waals surface area contributed by atoms with Gasteiger partial charge in [-0.3, -0.25) is 14.4 Å². The van der Waals surface area contributed by atoms with E-state index in [-0.39, 0.29) is 30.3 Å². The Labute approximate surface area is 148 Å². The lowest BCUT2D eigenvalue weighted by Gasteiger charge is -2.11. The van der Waals surface area contributed by atoms with Gasteiger partial charge in [-0.15, -0.1) is 0 Å². The summed E-state index contributed by atoms with van der Waals surface area (Å²) in [6.45, 7) is 5.47. The molecule has 25 heavy (non-hydrogen) atoms. The highest BCUT2D eigenvalue weighted by molar-refractivity contribution is 6.11. The Kier molecular flexibility index (Phi) is 6.23. The van der Waals surface area contributed by atoms with Crippen molar-refractivity contribution in [2.24, 2.45) is 5.92 Å². The third kappa shape index (κ3) is 5.11. The van der Waals surface area contributed by atoms with E-state index in [1.807, 2.05) is 38.1 Å². The van der Waals surface area contributed by atoms with Gasteiger partial charge in [0.05, 0.1) is 5.92 Å². The van der Waals surface area contributed by atoms with Crippen molar-refractivity contribution in [2.75, 3.05) is 5.32 Å². The standard InChI is InChI=1S/C21H23NO3/c1-14-9-10-15(2)18(13-14)22-20(24)12-11-19(23)16(3)21(25)17-7-5-4-6-8-17/h4-10,13,16H,11-12H2,1-3H3,(H,22,24)/t16-/m0/s1. The minimum Gasteiger partial charge on any atom is -0.326 e. The normalized spacial score (nSPS) is 11.6. The molecule has 2 aromatic rings. The molecule has 0 unspecified atom stereocenters. The maximum atomic E-state index is 12.3. The van der Waals surface area contributed by atoms with Crippen LogP contribution >= 0.6 is 0 Å². The zero-order chi connectivity index (χ0) is 18.4. The number of anilines is 1. The van der Waals surface area contributed by atoms with Crippen LogP contribution in [-0.2, 0) is 9.59 Å². The fraction of sp³-hybridized carbons (Fsp3) is 0.286. The molecule has 1 amide bonds. The summed E-state index contributed by atoms with van der Waals surface area (Å²) in [6, 6.07) is 14.6. The first-order valence-corrected chi connectivity index (χ1v) is 8.37. The molecule has 0 heterocycles. The number of ketones is 2. The van der Waals surface area contributed by atoms with E-state index in [0.29, 0.717) is 5.56 Å². The second kappa shape index (κ2) is 8.38. The summed E-state index contributed by atoms with van der Waals surface area (Å²) in [5, 5.41) is 2.83. The molecule has 0 radical (unpaired) electrons. The van der Waals surface area contributed by atoms with Gasteiger partial charge in [0, 0.05) is 24.1 Å². The molecule has 0 saturated heterocycles. The highest BCUT2D eigenvalue weighted by atomic mass is 16.2. The number of carbonyl (C=O) groups excluding carboxylic acids is 3. The number of rotatable bonds is 7. The van der Waals surface area contributed by atoms with Gasteiger partial charge in [0.15, 0.2) is 5.78 Å². The third-order valence-electron chi connectivity index (χ3n) is 4.20. The summed E-state index contributed by atoms with van der Waals surface area (Å²) in [5.41, 5.74) is 3.30. The Morgan fingerprint density at radius 3 is 2.32 bits per heavy atom. The first-order chi connectivity index (χ1) is 11.9. The van der Waals surface area contributed by atoms with Crippen LogP contribution in [0.2, 0.25) is 0 Å². The van der Waals surface area contributed by atoms with E-state index in [1.165, 1.54) is 0 Å². The van der Waals surface area contributed by atoms with Crippen LogP contribution in [0.4, 0.5) is 5.69 Å². The number of hydrogen-bond donors (Lipinski definition) is 1. The SMILES string of the molecule is Cc1ccc(C)c(NC(=O)CCC(=O)[C@H](C)C(=O)c2ccccc2)c1. The summed E-state index contributed by atoms with van der Waals surface area (Å²) in [7, 11) is 0. The first-order valence-electron chi connectivity index (χ1n) is 8.37. The van der Waals surface area contributed by atoms with Crippen molar-refractivity contribution >= 4 is 23.2 Å². The summed E-state index contributed by atoms with van der Waals surface area (Å²) in [4.78, 5) is 36.6. The fourth-order valence-corrected chi connectivity index (χ4v) is 2.54. The summed E-state index contributed by atoms with van der Waals surface area (Å²) in [5.74, 6) is -1.39. The molecule has 0 bridgehead atoms. The highest BCUT2D eigenvalue weighted by Gasteiger charge is 2.22. The predicted octanol–water partition coefficient (Wildman–Crippen LogP) is 4.11. The Morgan fingerprint density at radius 1 is 0.960 bits per heavy atom. The monoisotopic (exact) mass is 337 g/mol. The zero-order valence-corrected chi connectivity index (χ0v) is 14.8. The van der Waals surface area contributed by atoms with Gasteiger partial charge < -0.3 is 5.32 Å². The van der Waals surface area contributed by atoms with Gasteiger partial charge in [-0.2, -0.15) is 0 Å². The summed E-state index contributed by atoms with van der Waals surface area (Å²) < 4.78 is 0. The zero-order valence-electron chi connectivity index (χ0n) is 14.8. The van der Waals surface area contributed by atoms with Crippen LogP contribution in [0, 0.1) is 19.8 Å². The Hall–Kier alpha value is -2.75. The molecule has 0 fully saturated rings. The highest BCUT2D eigenvalue weighted by Crippen LogP contribution is 2.17. The molecule has 0 aromatic heterocycles. The van der Waals surface area contributed by atoms with Crippen LogP contribution in [0.3, 0.4) is 0 Å². The quantitative estimate of drug-likeness (QED) is 0.611. The number of benzene rings is 2. The average molecular weight is 337 g/mol. The molecule has 0 aliphatic heterocycles. The van der Waals surface area contributed by atoms with Crippen LogP contribution in [0.1, 0.15) is 41.3 Å². The van der Waals surface area contributed by atoms with E-state index in [0.717, 1.165) is 16.8 Å². The van der Waals surface area contributed by atoms with Crippen molar-refractivity contribution in [3.63, 3.8) is 0 Å². The minimum absolute atomic E-state index is 0.0520. The maximum Gasteiger partial charge on any atom is 0.224 e. The van der Waals surface area contributed by atoms with Crippen molar-refractivity contribution in [2.45, 2.75) is 33.6 Å². The molecule has 2 aromatic carbocycles. The number of amides is 1. The smallest absolute Gasteiger partial charge is 0.224 e. The maximum absolute atomic E-state index is 12.3. The lowest BCUT2D eigenvalue weighted by atomic mass is 9.93. The van der Waals surface area contributed by atoms with E-state index in [4.69, 9.17) is 0 Å². The molecule has 4 nitrogen and oxygen atoms in total. The number of nitrogens with one attached hydrogen (secondary N) is 1. The molecule has 0 aliphatic rings. The minimum atomic E-state index is -0.740. The topological polar surface area (TPSA) is 63.2 Å². The predicted molar refractivity (Wildman–Crippen MR) is 98.7 cm³/mol. The van der Waals surface area contributed by atoms with E-state index in [2.05, 4.69) is 5.32 Å². The van der Waals surface area contributed by atoms with Gasteiger partial charge in [-0.25, -0.2) is 0 Å². The number of hydrogen-bond acceptors (Lipinski definition) is 3. The molecule has 1 atom stereocenters. The van der Waals surface area contributed by atoms with Crippen molar-refractivity contribution in [3.8, 4) is 0 Å². The van der Waals surface area contributed by atoms with Crippen LogP contribution in [-0.4, -0.2) is 17.5 Å². The van der Waals surface area contributed by atoms with E-state index >= 15 is 0 Å². The lowest BCUT2D eigenvalue weighted by molar-refractivity contribution is -0.124. The fourth-order valence-electron chi connectivity index (χ4n) is 2.54. The first kappa shape index (κ1) is 18.6. The summed E-state index contributed by atoms with van der Waals surface area (Å²) in [6.07, 6.45) is 0.120. The molecule has 4 heteroatoms. The van der Waals surface area contributed by atoms with Crippen molar-refractivity contribution in [1.29, 1.82) is 0 Å². The van der Waals surface area contributed by atoms with Gasteiger partial charge in [-0.05, 0) is 38.0 Å². The largest absolute Gasteiger partial charge is 0.326 e. The molecule has 0 aliphatic carbocycles. The Balaban J connectivity index is 1.89. The number of carbonyl (C=O) groups is 3. The third-order valence-corrected chi connectivity index (χ3v) is 4.20. The molecule has 0 spiro atoms. The van der Waals surface area contributed by atoms with Crippen molar-refractivity contribution in [1.82, 2.24) is 0 Å². The van der Waals surface area contributed by atoms with Crippen LogP contribution in [0.15, 0.2) is 48.5 Å². The Bertz CT molecular complexity index is 781. The van der Waals surface area contributed by atoms with Gasteiger partial charge in [0.2, 0.25) is 5.91 Å². The van der Waals surface area contributed by atoms with Crippen molar-refractivity contribution < 1.29 is 14.4 Å². The van der Waals surface area contributed by atoms with E-state index in [1.54, 1.807) is 31.2 Å². The summed E-state index contributed by atoms with van der Waals surface area (Å²) >= 11 is 0. The molecule has 1 N–H and O–H groups in total. The number of Topliss-reactive ketones (excluding diaryl/α,β-unsaturated/α-hetero) is 2. The molecule has 2 rings (SSSR count). The molecule has 130 valence electrons. The second-order valence-electron chi connectivity index (χ2n) is 6.28. The van der Waals surface area contributed by atoms with Crippen LogP contribution < -0.4 is 5.32 Å². The van der Waals surface area contributed by atoms with Crippen molar-refractivity contribution in [3.05, 3.63) is 65.2 Å². The Morgan fingerprint density at radius 2 is 1.64 bits per heavy atom. The average Bonchev–Trinajstić information content (AvgIpc) is 2.62. The second-order valence-corrected chi connectivity index (χ2v) is 6.28.